The minimum absolute atomic E-state index is 0.0802. The Morgan fingerprint density at radius 1 is 0.310 bits per heavy atom. The van der Waals surface area contributed by atoms with E-state index in [9.17, 15) is 0 Å². The summed E-state index contributed by atoms with van der Waals surface area (Å²) in [4.78, 5) is 0. The summed E-state index contributed by atoms with van der Waals surface area (Å²) in [5.74, 6) is 0. The molecule has 0 atom stereocenters. The van der Waals surface area contributed by atoms with Crippen LogP contribution in [0.2, 0.25) is 0 Å². The van der Waals surface area contributed by atoms with E-state index in [2.05, 4.69) is 212 Å². The molecule has 58 heavy (non-hydrogen) atoms. The van der Waals surface area contributed by atoms with Crippen LogP contribution in [0.4, 0.5) is 0 Å². The van der Waals surface area contributed by atoms with Gasteiger partial charge in [-0.1, -0.05) is 198 Å². The molecule has 1 aliphatic carbocycles. The molecule has 2 heterocycles. The van der Waals surface area contributed by atoms with Crippen LogP contribution >= 0.6 is 22.7 Å². The highest BCUT2D eigenvalue weighted by molar-refractivity contribution is 7.26. The van der Waals surface area contributed by atoms with Gasteiger partial charge in [0.05, 0.1) is 5.41 Å². The molecule has 0 N–H and O–H groups in total. The van der Waals surface area contributed by atoms with E-state index in [4.69, 9.17) is 0 Å². The Morgan fingerprint density at radius 3 is 1.38 bits per heavy atom. The molecule has 0 saturated carbocycles. The van der Waals surface area contributed by atoms with Gasteiger partial charge in [-0.3, -0.25) is 0 Å². The Morgan fingerprint density at radius 2 is 0.776 bits per heavy atom. The van der Waals surface area contributed by atoms with Gasteiger partial charge in [0.25, 0.3) is 0 Å². The van der Waals surface area contributed by atoms with E-state index in [0.717, 1.165) is 0 Å². The lowest BCUT2D eigenvalue weighted by Crippen LogP contribution is -2.51. The molecule has 11 aromatic rings. The van der Waals surface area contributed by atoms with E-state index in [0.29, 0.717) is 0 Å². The summed E-state index contributed by atoms with van der Waals surface area (Å²) in [5, 5.41) is 5.34. The molecule has 0 unspecified atom stereocenters. The van der Waals surface area contributed by atoms with Gasteiger partial charge in [-0.25, -0.2) is 0 Å². The molecule has 12 rings (SSSR count). The maximum absolute atomic E-state index is 2.46. The van der Waals surface area contributed by atoms with Crippen molar-refractivity contribution < 1.29 is 0 Å². The molecule has 0 bridgehead atoms. The second kappa shape index (κ2) is 13.3. The molecule has 2 aromatic heterocycles. The molecule has 0 fully saturated rings. The molecule has 0 nitrogen and oxygen atoms in total. The van der Waals surface area contributed by atoms with E-state index >= 15 is 0 Å². The summed E-state index contributed by atoms with van der Waals surface area (Å²) in [7, 11) is 0. The van der Waals surface area contributed by atoms with Gasteiger partial charge >= 0.3 is 0 Å². The molecule has 0 spiro atoms. The van der Waals surface area contributed by atoms with Crippen molar-refractivity contribution in [3.8, 4) is 22.3 Å². The van der Waals surface area contributed by atoms with Crippen LogP contribution in [0.5, 0.6) is 0 Å². The minimum atomic E-state index is -0.425. The Hall–Kier alpha value is -6.52. The Labute approximate surface area is 346 Å². The van der Waals surface area contributed by atoms with E-state index in [1.807, 2.05) is 22.7 Å². The predicted molar refractivity (Wildman–Crippen MR) is 252 cm³/mol. The number of hydrogen-bond donors (Lipinski definition) is 0. The van der Waals surface area contributed by atoms with Gasteiger partial charge in [-0.05, 0) is 74.8 Å². The Balaban J connectivity index is 1.01. The van der Waals surface area contributed by atoms with Crippen molar-refractivity contribution >= 4 is 86.1 Å². The summed E-state index contributed by atoms with van der Waals surface area (Å²) < 4.78 is 5.34. The first-order valence-corrected chi connectivity index (χ1v) is 21.7. The van der Waals surface area contributed by atoms with Gasteiger partial charge in [-0.15, -0.1) is 22.7 Å². The van der Waals surface area contributed by atoms with Gasteiger partial charge < -0.3 is 0 Å². The average molecular weight is 771 g/mol. The smallest absolute Gasteiger partial charge is 0.135 e. The van der Waals surface area contributed by atoms with E-state index in [-0.39, 0.29) is 6.71 Å². The molecule has 0 radical (unpaired) electrons. The van der Waals surface area contributed by atoms with Crippen molar-refractivity contribution in [3.63, 3.8) is 0 Å². The first kappa shape index (κ1) is 33.6. The first-order chi connectivity index (χ1) is 28.7. The van der Waals surface area contributed by atoms with Crippen molar-refractivity contribution in [2.75, 3.05) is 0 Å². The molecule has 1 aliphatic rings. The summed E-state index contributed by atoms with van der Waals surface area (Å²) >= 11 is 3.79. The second-order valence-electron chi connectivity index (χ2n) is 15.6. The van der Waals surface area contributed by atoms with E-state index < -0.39 is 5.41 Å². The molecular weight excluding hydrogens is 736 g/mol. The fourth-order valence-electron chi connectivity index (χ4n) is 9.91. The van der Waals surface area contributed by atoms with Crippen LogP contribution in [0.1, 0.15) is 22.3 Å². The van der Waals surface area contributed by atoms with Crippen molar-refractivity contribution in [1.29, 1.82) is 0 Å². The van der Waals surface area contributed by atoms with Crippen LogP contribution in [0.3, 0.4) is 0 Å². The predicted octanol–water partition coefficient (Wildman–Crippen LogP) is 13.0. The second-order valence-corrected chi connectivity index (χ2v) is 17.7. The third kappa shape index (κ3) is 5.07. The zero-order chi connectivity index (χ0) is 38.2. The summed E-state index contributed by atoms with van der Waals surface area (Å²) in [6, 6.07) is 79.6. The third-order valence-corrected chi connectivity index (χ3v) is 14.8. The first-order valence-electron chi connectivity index (χ1n) is 20.0. The van der Waals surface area contributed by atoms with Gasteiger partial charge in [0.15, 0.2) is 0 Å². The topological polar surface area (TPSA) is 0 Å². The van der Waals surface area contributed by atoms with Crippen LogP contribution < -0.4 is 16.4 Å². The highest BCUT2D eigenvalue weighted by atomic mass is 32.1. The number of hydrogen-bond acceptors (Lipinski definition) is 2. The summed E-state index contributed by atoms with van der Waals surface area (Å²) in [5.41, 5.74) is 13.8. The maximum Gasteiger partial charge on any atom is 0.241 e. The number of benzene rings is 9. The summed E-state index contributed by atoms with van der Waals surface area (Å²) in [6.45, 7) is 0.0802. The SMILES string of the molecule is c1ccc(C2(c3ccccc3)c3ccccc3-c3ccc(-c4ccc(B(c5ccc6c(c5)sc5ccccc56)c5ccc6c(c5)sc5ccccc56)cc4)cc32)cc1. The zero-order valence-electron chi connectivity index (χ0n) is 31.6. The Bertz CT molecular complexity index is 3190. The van der Waals surface area contributed by atoms with Crippen LogP contribution in [0.15, 0.2) is 212 Å². The molecule has 270 valence electrons. The van der Waals surface area contributed by atoms with Gasteiger partial charge in [0.2, 0.25) is 6.71 Å². The molecule has 0 saturated heterocycles. The zero-order valence-corrected chi connectivity index (χ0v) is 33.2. The molecule has 0 amide bonds. The Kier molecular flexibility index (Phi) is 7.70. The number of rotatable bonds is 6. The van der Waals surface area contributed by atoms with Crippen LogP contribution in [-0.4, -0.2) is 6.71 Å². The van der Waals surface area contributed by atoms with E-state index in [1.165, 1.54) is 101 Å². The fraction of sp³-hybridized carbons (Fsp3) is 0.0182. The van der Waals surface area contributed by atoms with E-state index in [1.54, 1.807) is 0 Å². The minimum Gasteiger partial charge on any atom is -0.135 e. The van der Waals surface area contributed by atoms with Crippen molar-refractivity contribution in [2.45, 2.75) is 5.41 Å². The molecule has 3 heteroatoms. The largest absolute Gasteiger partial charge is 0.241 e. The number of fused-ring (bicyclic) bond motifs is 9. The van der Waals surface area contributed by atoms with Crippen molar-refractivity contribution in [3.05, 3.63) is 235 Å². The quantitative estimate of drug-likeness (QED) is 0.148. The normalized spacial score (nSPS) is 13.0. The average Bonchev–Trinajstić information content (AvgIpc) is 3.95. The molecule has 0 aliphatic heterocycles. The highest BCUT2D eigenvalue weighted by Gasteiger charge is 2.46. The lowest BCUT2D eigenvalue weighted by atomic mass is 9.37. The monoisotopic (exact) mass is 770 g/mol. The highest BCUT2D eigenvalue weighted by Crippen LogP contribution is 2.56. The van der Waals surface area contributed by atoms with Crippen molar-refractivity contribution in [2.24, 2.45) is 0 Å². The summed E-state index contributed by atoms with van der Waals surface area (Å²) in [6.07, 6.45) is 0. The number of thiophene rings is 2. The lowest BCUT2D eigenvalue weighted by molar-refractivity contribution is 0.769. The standard InChI is InChI=1S/C55H35BS2/c1-3-13-38(14-4-1)55(39-15-5-2-6-16-39)49-20-10-7-17-43(49)44-30-25-37(33-50(44)55)36-23-26-40(27-24-36)56(41-28-31-47-45-18-8-11-21-51(45)57-53(47)34-41)42-29-32-48-46-19-9-12-22-52(46)58-54(48)35-42/h1-35H. The molecule has 9 aromatic carbocycles. The lowest BCUT2D eigenvalue weighted by Gasteiger charge is -2.34. The van der Waals surface area contributed by atoms with Gasteiger partial charge in [0.1, 0.15) is 0 Å². The molecular formula is C55H35BS2. The van der Waals surface area contributed by atoms with Gasteiger partial charge in [-0.2, -0.15) is 0 Å². The van der Waals surface area contributed by atoms with Crippen LogP contribution in [0.25, 0.3) is 62.6 Å². The van der Waals surface area contributed by atoms with Crippen LogP contribution in [-0.2, 0) is 5.41 Å². The third-order valence-electron chi connectivity index (χ3n) is 12.5. The fourth-order valence-corrected chi connectivity index (χ4v) is 12.2. The maximum atomic E-state index is 2.46. The van der Waals surface area contributed by atoms with Crippen molar-refractivity contribution in [1.82, 2.24) is 0 Å². The van der Waals surface area contributed by atoms with Crippen LogP contribution in [0, 0.1) is 0 Å². The van der Waals surface area contributed by atoms with Gasteiger partial charge in [0, 0.05) is 40.3 Å².